The molecule has 0 radical (unpaired) electrons. The minimum Gasteiger partial charge on any atom is -0.377 e. The molecular formula is C13H20N2O. The molecule has 0 atom stereocenters. The van der Waals surface area contributed by atoms with Gasteiger partial charge in [-0.2, -0.15) is 0 Å². The van der Waals surface area contributed by atoms with Crippen LogP contribution in [-0.2, 0) is 11.2 Å². The molecule has 16 heavy (non-hydrogen) atoms. The molecule has 1 aliphatic heterocycles. The van der Waals surface area contributed by atoms with Gasteiger partial charge < -0.3 is 15.4 Å². The van der Waals surface area contributed by atoms with E-state index in [2.05, 4.69) is 36.1 Å². The smallest absolute Gasteiger partial charge is 0.0757 e. The number of benzene rings is 1. The third-order valence-corrected chi connectivity index (χ3v) is 3.11. The van der Waals surface area contributed by atoms with E-state index in [9.17, 15) is 0 Å². The lowest BCUT2D eigenvalue weighted by atomic mass is 10.1. The van der Waals surface area contributed by atoms with Crippen molar-refractivity contribution in [2.45, 2.75) is 19.4 Å². The highest BCUT2D eigenvalue weighted by Gasteiger charge is 2.25. The fourth-order valence-electron chi connectivity index (χ4n) is 1.99. The average molecular weight is 220 g/mol. The summed E-state index contributed by atoms with van der Waals surface area (Å²) in [7, 11) is 0. The molecule has 0 saturated carbocycles. The molecule has 1 aromatic carbocycles. The third-order valence-electron chi connectivity index (χ3n) is 3.11. The van der Waals surface area contributed by atoms with Crippen molar-refractivity contribution in [3.05, 3.63) is 29.8 Å². The van der Waals surface area contributed by atoms with Crippen molar-refractivity contribution >= 4 is 5.69 Å². The topological polar surface area (TPSA) is 38.5 Å². The number of anilines is 1. The highest BCUT2D eigenvalue weighted by molar-refractivity contribution is 5.49. The Morgan fingerprint density at radius 3 is 2.44 bits per heavy atom. The molecule has 1 fully saturated rings. The van der Waals surface area contributed by atoms with Gasteiger partial charge in [0.2, 0.25) is 0 Å². The molecule has 88 valence electrons. The van der Waals surface area contributed by atoms with Crippen LogP contribution >= 0.6 is 0 Å². The fraction of sp³-hybridized carbons (Fsp3) is 0.538. The second kappa shape index (κ2) is 5.32. The largest absolute Gasteiger partial charge is 0.377 e. The van der Waals surface area contributed by atoms with Crippen LogP contribution in [0.15, 0.2) is 24.3 Å². The second-order valence-corrected chi connectivity index (χ2v) is 4.19. The molecule has 0 aromatic heterocycles. The highest BCUT2D eigenvalue weighted by atomic mass is 16.5. The Morgan fingerprint density at radius 1 is 1.31 bits per heavy atom. The van der Waals surface area contributed by atoms with Crippen LogP contribution in [0.5, 0.6) is 0 Å². The van der Waals surface area contributed by atoms with Crippen molar-refractivity contribution in [3.63, 3.8) is 0 Å². The number of rotatable bonds is 5. The second-order valence-electron chi connectivity index (χ2n) is 4.19. The molecule has 1 aromatic rings. The summed E-state index contributed by atoms with van der Waals surface area (Å²) in [5, 5.41) is 0. The molecule has 1 heterocycles. The van der Waals surface area contributed by atoms with E-state index >= 15 is 0 Å². The number of hydrogen-bond donors (Lipinski definition) is 1. The minimum absolute atomic E-state index is 0.510. The van der Waals surface area contributed by atoms with Crippen molar-refractivity contribution in [2.24, 2.45) is 5.73 Å². The van der Waals surface area contributed by atoms with E-state index < -0.39 is 0 Å². The molecule has 2 N–H and O–H groups in total. The first-order valence-electron chi connectivity index (χ1n) is 5.98. The SMILES string of the molecule is CCc1ccc(N(CCN)C2COC2)cc1. The molecule has 3 heteroatoms. The summed E-state index contributed by atoms with van der Waals surface area (Å²) in [5.41, 5.74) is 8.29. The number of nitrogens with zero attached hydrogens (tertiary/aromatic N) is 1. The maximum absolute atomic E-state index is 5.66. The van der Waals surface area contributed by atoms with E-state index in [0.717, 1.165) is 26.2 Å². The van der Waals surface area contributed by atoms with Crippen molar-refractivity contribution in [1.29, 1.82) is 0 Å². The Bertz CT molecular complexity index is 319. The van der Waals surface area contributed by atoms with Crippen molar-refractivity contribution in [2.75, 3.05) is 31.2 Å². The van der Waals surface area contributed by atoms with Gasteiger partial charge in [-0.15, -0.1) is 0 Å². The van der Waals surface area contributed by atoms with Gasteiger partial charge in [-0.25, -0.2) is 0 Å². The molecule has 0 unspecified atom stereocenters. The van der Waals surface area contributed by atoms with Gasteiger partial charge in [0.25, 0.3) is 0 Å². The lowest BCUT2D eigenvalue weighted by Gasteiger charge is -2.38. The highest BCUT2D eigenvalue weighted by Crippen LogP contribution is 2.21. The Balaban J connectivity index is 2.10. The Labute approximate surface area is 97.2 Å². The Morgan fingerprint density at radius 2 is 2.00 bits per heavy atom. The molecule has 0 aliphatic carbocycles. The number of nitrogens with two attached hydrogens (primary N) is 1. The van der Waals surface area contributed by atoms with Crippen LogP contribution < -0.4 is 10.6 Å². The Hall–Kier alpha value is -1.06. The first-order chi connectivity index (χ1) is 7.85. The van der Waals surface area contributed by atoms with Gasteiger partial charge >= 0.3 is 0 Å². The molecule has 2 rings (SSSR count). The maximum Gasteiger partial charge on any atom is 0.0757 e. The van der Waals surface area contributed by atoms with Gasteiger partial charge in [-0.1, -0.05) is 19.1 Å². The zero-order valence-electron chi connectivity index (χ0n) is 9.86. The summed E-state index contributed by atoms with van der Waals surface area (Å²) in [6.07, 6.45) is 1.09. The minimum atomic E-state index is 0.510. The van der Waals surface area contributed by atoms with Crippen LogP contribution in [0.25, 0.3) is 0 Å². The molecule has 1 aliphatic rings. The van der Waals surface area contributed by atoms with Crippen LogP contribution in [-0.4, -0.2) is 32.3 Å². The van der Waals surface area contributed by atoms with Gasteiger partial charge in [0.1, 0.15) is 0 Å². The molecule has 1 saturated heterocycles. The summed E-state index contributed by atoms with van der Waals surface area (Å²) < 4.78 is 5.25. The van der Waals surface area contributed by atoms with Gasteiger partial charge in [-0.05, 0) is 24.1 Å². The maximum atomic E-state index is 5.66. The summed E-state index contributed by atoms with van der Waals surface area (Å²) in [5.74, 6) is 0. The van der Waals surface area contributed by atoms with Gasteiger partial charge in [0.15, 0.2) is 0 Å². The van der Waals surface area contributed by atoms with Crippen LogP contribution in [0.3, 0.4) is 0 Å². The number of aryl methyl sites for hydroxylation is 1. The third kappa shape index (κ3) is 2.36. The van der Waals surface area contributed by atoms with Gasteiger partial charge in [-0.3, -0.25) is 0 Å². The molecule has 0 bridgehead atoms. The molecule has 0 spiro atoms. The monoisotopic (exact) mass is 220 g/mol. The fourth-order valence-corrected chi connectivity index (χ4v) is 1.99. The van der Waals surface area contributed by atoms with Crippen LogP contribution in [0.2, 0.25) is 0 Å². The first kappa shape index (κ1) is 11.4. The summed E-state index contributed by atoms with van der Waals surface area (Å²) >= 11 is 0. The van der Waals surface area contributed by atoms with Crippen molar-refractivity contribution < 1.29 is 4.74 Å². The van der Waals surface area contributed by atoms with E-state index in [-0.39, 0.29) is 0 Å². The van der Waals surface area contributed by atoms with Crippen LogP contribution in [0.4, 0.5) is 5.69 Å². The standard InChI is InChI=1S/C13H20N2O/c1-2-11-3-5-12(6-4-11)15(8-7-14)13-9-16-10-13/h3-6,13H,2,7-10,14H2,1H3. The van der Waals surface area contributed by atoms with E-state index in [4.69, 9.17) is 10.5 Å². The predicted molar refractivity (Wildman–Crippen MR) is 66.8 cm³/mol. The quantitative estimate of drug-likeness (QED) is 0.815. The van der Waals surface area contributed by atoms with Crippen LogP contribution in [0, 0.1) is 0 Å². The van der Waals surface area contributed by atoms with Gasteiger partial charge in [0.05, 0.1) is 19.3 Å². The van der Waals surface area contributed by atoms with Crippen molar-refractivity contribution in [3.8, 4) is 0 Å². The zero-order valence-corrected chi connectivity index (χ0v) is 9.86. The van der Waals surface area contributed by atoms with Crippen LogP contribution in [0.1, 0.15) is 12.5 Å². The van der Waals surface area contributed by atoms with Gasteiger partial charge in [0, 0.05) is 18.8 Å². The molecule has 3 nitrogen and oxygen atoms in total. The number of hydrogen-bond acceptors (Lipinski definition) is 3. The van der Waals surface area contributed by atoms with E-state index in [1.54, 1.807) is 0 Å². The summed E-state index contributed by atoms with van der Waals surface area (Å²) in [4.78, 5) is 2.35. The first-order valence-corrected chi connectivity index (χ1v) is 5.98. The summed E-state index contributed by atoms with van der Waals surface area (Å²) in [6.45, 7) is 5.42. The lowest BCUT2D eigenvalue weighted by Crippen LogP contribution is -2.50. The van der Waals surface area contributed by atoms with E-state index in [1.165, 1.54) is 11.3 Å². The number of ether oxygens (including phenoxy) is 1. The Kier molecular flexibility index (Phi) is 3.80. The zero-order chi connectivity index (χ0) is 11.4. The van der Waals surface area contributed by atoms with Crippen molar-refractivity contribution in [1.82, 2.24) is 0 Å². The summed E-state index contributed by atoms with van der Waals surface area (Å²) in [6, 6.07) is 9.27. The average Bonchev–Trinajstić information content (AvgIpc) is 2.26. The van der Waals surface area contributed by atoms with E-state index in [0.29, 0.717) is 12.6 Å². The molecular weight excluding hydrogens is 200 g/mol. The normalized spacial score (nSPS) is 15.9. The lowest BCUT2D eigenvalue weighted by molar-refractivity contribution is 0.00831. The molecule has 0 amide bonds. The predicted octanol–water partition coefficient (Wildman–Crippen LogP) is 1.41. The van der Waals surface area contributed by atoms with E-state index in [1.807, 2.05) is 0 Å².